The van der Waals surface area contributed by atoms with Gasteiger partial charge in [-0.1, -0.05) is 24.3 Å². The zero-order valence-electron chi connectivity index (χ0n) is 17.5. The summed E-state index contributed by atoms with van der Waals surface area (Å²) < 4.78 is 13.4. The molecule has 2 aromatic carbocycles. The number of benzene rings is 2. The first-order chi connectivity index (χ1) is 14.5. The number of anilines is 1. The molecule has 158 valence electrons. The number of hydrogen-bond donors (Lipinski definition) is 1. The first kappa shape index (κ1) is 20.3. The molecule has 30 heavy (non-hydrogen) atoms. The van der Waals surface area contributed by atoms with E-state index in [2.05, 4.69) is 14.8 Å². The molecule has 1 atom stereocenters. The predicted octanol–water partition coefficient (Wildman–Crippen LogP) is 3.26. The number of carbonyl (C=O) groups is 1. The average Bonchev–Trinajstić information content (AvgIpc) is 3.02. The van der Waals surface area contributed by atoms with E-state index in [4.69, 9.17) is 4.98 Å². The van der Waals surface area contributed by atoms with Crippen LogP contribution < -0.4 is 4.90 Å². The van der Waals surface area contributed by atoms with Crippen LogP contribution in [-0.2, 0) is 11.3 Å². The Morgan fingerprint density at radius 3 is 2.80 bits per heavy atom. The second-order valence-electron chi connectivity index (χ2n) is 7.95. The number of amides is 1. The number of aromatic nitrogens is 2. The van der Waals surface area contributed by atoms with Crippen molar-refractivity contribution in [2.75, 3.05) is 38.1 Å². The van der Waals surface area contributed by atoms with Crippen LogP contribution in [0.1, 0.15) is 18.9 Å². The summed E-state index contributed by atoms with van der Waals surface area (Å²) in [6, 6.07) is 14.2. The Balaban J connectivity index is 1.37. The van der Waals surface area contributed by atoms with Crippen molar-refractivity contribution in [1.29, 1.82) is 0 Å². The maximum atomic E-state index is 13.4. The van der Waals surface area contributed by atoms with Gasteiger partial charge in [-0.05, 0) is 43.2 Å². The quantitative estimate of drug-likeness (QED) is 0.703. The Bertz CT molecular complexity index is 987. The van der Waals surface area contributed by atoms with E-state index in [1.807, 2.05) is 37.3 Å². The second kappa shape index (κ2) is 8.83. The van der Waals surface area contributed by atoms with E-state index >= 15 is 0 Å². The third-order valence-corrected chi connectivity index (χ3v) is 5.80. The van der Waals surface area contributed by atoms with Gasteiger partial charge in [-0.15, -0.1) is 0 Å². The Morgan fingerprint density at radius 1 is 1.17 bits per heavy atom. The zero-order chi connectivity index (χ0) is 21.1. The highest BCUT2D eigenvalue weighted by molar-refractivity contribution is 5.81. The number of fused-ring (bicyclic) bond motifs is 1. The number of imidazole rings is 1. The van der Waals surface area contributed by atoms with E-state index in [9.17, 15) is 9.18 Å². The van der Waals surface area contributed by atoms with Crippen LogP contribution in [-0.4, -0.2) is 64.9 Å². The fourth-order valence-corrected chi connectivity index (χ4v) is 4.09. The Kier molecular flexibility index (Phi) is 5.99. The molecule has 1 aliphatic rings. The molecule has 0 bridgehead atoms. The van der Waals surface area contributed by atoms with Crippen molar-refractivity contribution in [3.8, 4) is 0 Å². The number of para-hydroxylation sites is 2. The molecule has 1 fully saturated rings. The van der Waals surface area contributed by atoms with Gasteiger partial charge in [-0.2, -0.15) is 0 Å². The first-order valence-corrected chi connectivity index (χ1v) is 10.4. The van der Waals surface area contributed by atoms with E-state index in [0.717, 1.165) is 55.1 Å². The molecule has 1 amide bonds. The van der Waals surface area contributed by atoms with Gasteiger partial charge in [0.15, 0.2) is 0 Å². The van der Waals surface area contributed by atoms with Crippen LogP contribution in [0.15, 0.2) is 48.5 Å². The smallest absolute Gasteiger partial charge is 0.239 e. The molecule has 0 aliphatic carbocycles. The van der Waals surface area contributed by atoms with Crippen molar-refractivity contribution in [3.05, 3.63) is 59.9 Å². The molecule has 3 aromatic rings. The average molecular weight is 410 g/mol. The summed E-state index contributed by atoms with van der Waals surface area (Å²) >= 11 is 0. The Hall–Kier alpha value is -2.93. The number of carbonyl (C=O) groups excluding carboxylic acids is 1. The molecule has 1 aromatic heterocycles. The predicted molar refractivity (Wildman–Crippen MR) is 117 cm³/mol. The van der Waals surface area contributed by atoms with Gasteiger partial charge in [0.1, 0.15) is 5.82 Å². The van der Waals surface area contributed by atoms with Crippen LogP contribution in [0.2, 0.25) is 0 Å². The van der Waals surface area contributed by atoms with Crippen molar-refractivity contribution in [3.63, 3.8) is 0 Å². The number of rotatable bonds is 5. The Morgan fingerprint density at radius 2 is 2.00 bits per heavy atom. The van der Waals surface area contributed by atoms with Gasteiger partial charge in [0, 0.05) is 39.8 Å². The van der Waals surface area contributed by atoms with Crippen molar-refractivity contribution in [2.45, 2.75) is 25.9 Å². The van der Waals surface area contributed by atoms with Crippen molar-refractivity contribution < 1.29 is 9.18 Å². The molecule has 1 unspecified atom stereocenters. The highest BCUT2D eigenvalue weighted by Crippen LogP contribution is 2.19. The first-order valence-electron chi connectivity index (χ1n) is 10.4. The summed E-state index contributed by atoms with van der Waals surface area (Å²) in [5.74, 6) is 0.663. The summed E-state index contributed by atoms with van der Waals surface area (Å²) in [6.45, 7) is 5.72. The minimum absolute atomic E-state index is 0.0523. The molecule has 4 rings (SSSR count). The molecular formula is C23H28FN5O. The van der Waals surface area contributed by atoms with E-state index in [-0.39, 0.29) is 17.8 Å². The zero-order valence-corrected chi connectivity index (χ0v) is 17.5. The van der Waals surface area contributed by atoms with Crippen LogP contribution in [0, 0.1) is 5.82 Å². The number of halogens is 1. The van der Waals surface area contributed by atoms with E-state index < -0.39 is 0 Å². The lowest BCUT2D eigenvalue weighted by Gasteiger charge is -2.30. The van der Waals surface area contributed by atoms with Gasteiger partial charge in [0.05, 0.1) is 17.1 Å². The van der Waals surface area contributed by atoms with Crippen LogP contribution in [0.3, 0.4) is 0 Å². The lowest BCUT2D eigenvalue weighted by molar-refractivity contribution is -0.135. The van der Waals surface area contributed by atoms with Gasteiger partial charge in [-0.3, -0.25) is 9.69 Å². The molecule has 0 saturated carbocycles. The monoisotopic (exact) mass is 409 g/mol. The fraction of sp³-hybridized carbons (Fsp3) is 0.391. The molecule has 0 spiro atoms. The third kappa shape index (κ3) is 4.46. The van der Waals surface area contributed by atoms with Gasteiger partial charge in [0.2, 0.25) is 11.9 Å². The summed E-state index contributed by atoms with van der Waals surface area (Å²) in [6.07, 6.45) is 0.961. The van der Waals surface area contributed by atoms with Crippen molar-refractivity contribution >= 4 is 22.9 Å². The lowest BCUT2D eigenvalue weighted by Crippen LogP contribution is -2.47. The summed E-state index contributed by atoms with van der Waals surface area (Å²) in [5, 5.41) is 0. The second-order valence-corrected chi connectivity index (χ2v) is 7.95. The normalized spacial score (nSPS) is 16.4. The van der Waals surface area contributed by atoms with Crippen LogP contribution >= 0.6 is 0 Å². The Labute approximate surface area is 176 Å². The van der Waals surface area contributed by atoms with Crippen LogP contribution in [0.4, 0.5) is 10.3 Å². The molecule has 1 saturated heterocycles. The molecule has 2 heterocycles. The molecule has 0 radical (unpaired) electrons. The molecule has 1 aliphatic heterocycles. The van der Waals surface area contributed by atoms with Crippen molar-refractivity contribution in [2.24, 2.45) is 0 Å². The number of nitrogens with zero attached hydrogens (tertiary/aromatic N) is 4. The minimum atomic E-state index is -0.278. The summed E-state index contributed by atoms with van der Waals surface area (Å²) in [5.41, 5.74) is 2.80. The van der Waals surface area contributed by atoms with Crippen LogP contribution in [0.25, 0.3) is 11.0 Å². The number of hydrogen-bond acceptors (Lipinski definition) is 4. The summed E-state index contributed by atoms with van der Waals surface area (Å²) in [4.78, 5) is 27.3. The van der Waals surface area contributed by atoms with Crippen molar-refractivity contribution in [1.82, 2.24) is 19.8 Å². The van der Waals surface area contributed by atoms with Gasteiger partial charge < -0.3 is 14.8 Å². The SMILES string of the molecule is CC(C(=O)N(C)Cc1cccc(F)c1)N1CCCN(c2nc3ccccc3[nH]2)CC1. The number of nitrogens with one attached hydrogen (secondary N) is 1. The molecule has 7 heteroatoms. The number of H-pyrrole nitrogens is 1. The highest BCUT2D eigenvalue weighted by atomic mass is 19.1. The topological polar surface area (TPSA) is 55.5 Å². The van der Waals surface area contributed by atoms with E-state index in [0.29, 0.717) is 6.54 Å². The highest BCUT2D eigenvalue weighted by Gasteiger charge is 2.27. The number of aromatic amines is 1. The fourth-order valence-electron chi connectivity index (χ4n) is 4.09. The third-order valence-electron chi connectivity index (χ3n) is 5.80. The molecule has 1 N–H and O–H groups in total. The van der Waals surface area contributed by atoms with E-state index in [1.165, 1.54) is 12.1 Å². The molecule has 6 nitrogen and oxygen atoms in total. The summed E-state index contributed by atoms with van der Waals surface area (Å²) in [7, 11) is 1.78. The number of likely N-dealkylation sites (N-methyl/N-ethyl adjacent to an activating group) is 1. The lowest BCUT2D eigenvalue weighted by atomic mass is 10.2. The van der Waals surface area contributed by atoms with Gasteiger partial charge in [0.25, 0.3) is 0 Å². The largest absolute Gasteiger partial charge is 0.341 e. The van der Waals surface area contributed by atoms with Gasteiger partial charge in [-0.25, -0.2) is 9.37 Å². The maximum Gasteiger partial charge on any atom is 0.239 e. The minimum Gasteiger partial charge on any atom is -0.341 e. The van der Waals surface area contributed by atoms with E-state index in [1.54, 1.807) is 18.0 Å². The molecular weight excluding hydrogens is 381 g/mol. The maximum absolute atomic E-state index is 13.4. The van der Waals surface area contributed by atoms with Crippen LogP contribution in [0.5, 0.6) is 0 Å². The standard InChI is InChI=1S/C23H28FN5O/c1-17(22(30)27(2)16-18-7-5-8-19(24)15-18)28-11-6-12-29(14-13-28)23-25-20-9-3-4-10-21(20)26-23/h3-5,7-10,15,17H,6,11-14,16H2,1-2H3,(H,25,26). The van der Waals surface area contributed by atoms with Gasteiger partial charge >= 0.3 is 0 Å².